The predicted molar refractivity (Wildman–Crippen MR) is 83.9 cm³/mol. The van der Waals surface area contributed by atoms with Gasteiger partial charge < -0.3 is 5.32 Å². The van der Waals surface area contributed by atoms with Crippen molar-refractivity contribution >= 4 is 23.1 Å². The number of hydrogen-bond donors (Lipinski definition) is 2. The van der Waals surface area contributed by atoms with Crippen molar-refractivity contribution < 1.29 is 9.72 Å². The van der Waals surface area contributed by atoms with Crippen LogP contribution >= 0.6 is 0 Å². The number of benzene rings is 2. The number of hydrogen-bond acceptors (Lipinski definition) is 4. The highest BCUT2D eigenvalue weighted by Gasteiger charge is 2.14. The Hall–Kier alpha value is -3.22. The molecule has 0 aliphatic heterocycles. The zero-order valence-corrected chi connectivity index (χ0v) is 11.8. The summed E-state index contributed by atoms with van der Waals surface area (Å²) < 4.78 is 0. The van der Waals surface area contributed by atoms with Gasteiger partial charge in [0.15, 0.2) is 0 Å². The molecule has 0 spiro atoms. The summed E-state index contributed by atoms with van der Waals surface area (Å²) in [5.74, 6) is 0. The maximum atomic E-state index is 11.7. The molecule has 0 aliphatic rings. The summed E-state index contributed by atoms with van der Waals surface area (Å²) in [6.07, 6.45) is 0. The molecule has 0 aromatic heterocycles. The highest BCUT2D eigenvalue weighted by molar-refractivity contribution is 6.03. The molecule has 0 saturated heterocycles. The molecular formula is C15H14N4O3. The van der Waals surface area contributed by atoms with E-state index in [1.807, 2.05) is 6.07 Å². The van der Waals surface area contributed by atoms with E-state index < -0.39 is 11.0 Å². The lowest BCUT2D eigenvalue weighted by Crippen LogP contribution is -2.25. The Morgan fingerprint density at radius 1 is 1.09 bits per heavy atom. The number of carbonyl (C=O) groups is 1. The van der Waals surface area contributed by atoms with Crippen LogP contribution in [0.15, 0.2) is 59.7 Å². The van der Waals surface area contributed by atoms with Crippen LogP contribution in [-0.4, -0.2) is 16.7 Å². The first kappa shape index (κ1) is 15.2. The first-order chi connectivity index (χ1) is 10.6. The third-order valence-electron chi connectivity index (χ3n) is 2.85. The number of amides is 2. The summed E-state index contributed by atoms with van der Waals surface area (Å²) in [6.45, 7) is 1.59. The average Bonchev–Trinajstić information content (AvgIpc) is 2.53. The van der Waals surface area contributed by atoms with E-state index >= 15 is 0 Å². The zero-order chi connectivity index (χ0) is 15.9. The van der Waals surface area contributed by atoms with Gasteiger partial charge >= 0.3 is 6.03 Å². The van der Waals surface area contributed by atoms with Crippen LogP contribution in [0.1, 0.15) is 12.5 Å². The largest absolute Gasteiger partial charge is 0.339 e. The summed E-state index contributed by atoms with van der Waals surface area (Å²) in [7, 11) is 0. The lowest BCUT2D eigenvalue weighted by atomic mass is 10.1. The van der Waals surface area contributed by atoms with Crippen LogP contribution in [0.5, 0.6) is 0 Å². The Labute approximate surface area is 126 Å². The number of rotatable bonds is 4. The molecule has 2 rings (SSSR count). The van der Waals surface area contributed by atoms with Crippen molar-refractivity contribution in [2.24, 2.45) is 5.10 Å². The third kappa shape index (κ3) is 3.89. The van der Waals surface area contributed by atoms with Crippen LogP contribution in [0.25, 0.3) is 0 Å². The van der Waals surface area contributed by atoms with E-state index in [1.165, 1.54) is 6.07 Å². The number of nitrogens with one attached hydrogen (secondary N) is 2. The molecule has 0 saturated carbocycles. The number of urea groups is 1. The van der Waals surface area contributed by atoms with E-state index in [0.29, 0.717) is 17.0 Å². The second-order valence-electron chi connectivity index (χ2n) is 4.40. The Bertz CT molecular complexity index is 714. The Balaban J connectivity index is 2.07. The van der Waals surface area contributed by atoms with Crippen molar-refractivity contribution in [2.75, 3.05) is 5.32 Å². The van der Waals surface area contributed by atoms with Crippen molar-refractivity contribution in [3.63, 3.8) is 0 Å². The molecule has 2 N–H and O–H groups in total. The van der Waals surface area contributed by atoms with Gasteiger partial charge in [0.05, 0.1) is 16.2 Å². The first-order valence-electron chi connectivity index (χ1n) is 6.48. The maximum Gasteiger partial charge on any atom is 0.339 e. The number of para-hydroxylation sites is 2. The lowest BCUT2D eigenvalue weighted by molar-refractivity contribution is -0.385. The smallest absolute Gasteiger partial charge is 0.307 e. The number of carbonyl (C=O) groups excluding carboxylic acids is 1. The number of nitro benzene ring substituents is 1. The van der Waals surface area contributed by atoms with E-state index in [-0.39, 0.29) is 5.69 Å². The molecule has 0 atom stereocenters. The van der Waals surface area contributed by atoms with Crippen LogP contribution in [0.3, 0.4) is 0 Å². The second-order valence-corrected chi connectivity index (χ2v) is 4.40. The summed E-state index contributed by atoms with van der Waals surface area (Å²) in [4.78, 5) is 22.2. The maximum absolute atomic E-state index is 11.7. The van der Waals surface area contributed by atoms with E-state index in [9.17, 15) is 14.9 Å². The lowest BCUT2D eigenvalue weighted by Gasteiger charge is -2.05. The number of nitro groups is 1. The minimum atomic E-state index is -0.524. The van der Waals surface area contributed by atoms with Gasteiger partial charge in [0.1, 0.15) is 0 Å². The van der Waals surface area contributed by atoms with Gasteiger partial charge in [-0.15, -0.1) is 0 Å². The van der Waals surface area contributed by atoms with Gasteiger partial charge in [-0.2, -0.15) is 5.10 Å². The van der Waals surface area contributed by atoms with Gasteiger partial charge in [0.25, 0.3) is 5.69 Å². The highest BCUT2D eigenvalue weighted by atomic mass is 16.6. The van der Waals surface area contributed by atoms with Crippen LogP contribution in [0, 0.1) is 10.1 Å². The Morgan fingerprint density at radius 3 is 2.41 bits per heavy atom. The number of anilines is 1. The fourth-order valence-electron chi connectivity index (χ4n) is 1.81. The topological polar surface area (TPSA) is 96.6 Å². The van der Waals surface area contributed by atoms with E-state index in [1.54, 1.807) is 49.4 Å². The molecule has 2 amide bonds. The molecule has 2 aromatic carbocycles. The summed E-state index contributed by atoms with van der Waals surface area (Å²) in [6, 6.07) is 14.6. The fourth-order valence-corrected chi connectivity index (χ4v) is 1.81. The van der Waals surface area contributed by atoms with Crippen molar-refractivity contribution in [1.82, 2.24) is 5.43 Å². The van der Waals surface area contributed by atoms with Crippen molar-refractivity contribution in [3.8, 4) is 0 Å². The molecule has 7 nitrogen and oxygen atoms in total. The van der Waals surface area contributed by atoms with Crippen molar-refractivity contribution in [2.45, 2.75) is 6.92 Å². The van der Waals surface area contributed by atoms with Gasteiger partial charge in [0.2, 0.25) is 0 Å². The SMILES string of the molecule is C/C(=N/NC(=O)Nc1ccccc1)c1ccccc1[N+](=O)[O-]. The summed E-state index contributed by atoms with van der Waals surface area (Å²) >= 11 is 0. The summed E-state index contributed by atoms with van der Waals surface area (Å²) in [5, 5.41) is 17.4. The van der Waals surface area contributed by atoms with E-state index in [0.717, 1.165) is 0 Å². The molecule has 0 heterocycles. The van der Waals surface area contributed by atoms with Gasteiger partial charge in [-0.25, -0.2) is 10.2 Å². The van der Waals surface area contributed by atoms with E-state index in [2.05, 4.69) is 15.8 Å². The summed E-state index contributed by atoms with van der Waals surface area (Å²) in [5.41, 5.74) is 3.57. The molecule has 0 aliphatic carbocycles. The van der Waals surface area contributed by atoms with Crippen LogP contribution in [0.2, 0.25) is 0 Å². The van der Waals surface area contributed by atoms with Gasteiger partial charge in [-0.05, 0) is 25.1 Å². The molecular weight excluding hydrogens is 284 g/mol. The molecule has 2 aromatic rings. The second kappa shape index (κ2) is 6.98. The first-order valence-corrected chi connectivity index (χ1v) is 6.48. The molecule has 0 radical (unpaired) electrons. The van der Waals surface area contributed by atoms with Gasteiger partial charge in [0, 0.05) is 11.8 Å². The quantitative estimate of drug-likeness (QED) is 0.515. The predicted octanol–water partition coefficient (Wildman–Crippen LogP) is 3.14. The Kier molecular flexibility index (Phi) is 4.81. The van der Waals surface area contributed by atoms with Crippen molar-refractivity contribution in [3.05, 3.63) is 70.3 Å². The van der Waals surface area contributed by atoms with Crippen LogP contribution in [0.4, 0.5) is 16.2 Å². The van der Waals surface area contributed by atoms with Crippen LogP contribution in [-0.2, 0) is 0 Å². The highest BCUT2D eigenvalue weighted by Crippen LogP contribution is 2.18. The van der Waals surface area contributed by atoms with Gasteiger partial charge in [-0.3, -0.25) is 10.1 Å². The number of nitrogens with zero attached hydrogens (tertiary/aromatic N) is 2. The average molecular weight is 298 g/mol. The standard InChI is InChI=1S/C15H14N4O3/c1-11(13-9-5-6-10-14(13)19(21)22)17-18-15(20)16-12-7-3-2-4-8-12/h2-10H,1H3,(H2,16,18,20)/b17-11-. The molecule has 0 unspecified atom stereocenters. The minimum absolute atomic E-state index is 0.0611. The minimum Gasteiger partial charge on any atom is -0.307 e. The third-order valence-corrected chi connectivity index (χ3v) is 2.85. The zero-order valence-electron chi connectivity index (χ0n) is 11.8. The van der Waals surface area contributed by atoms with E-state index in [4.69, 9.17) is 0 Å². The van der Waals surface area contributed by atoms with Crippen LogP contribution < -0.4 is 10.7 Å². The molecule has 0 fully saturated rings. The van der Waals surface area contributed by atoms with Crippen molar-refractivity contribution in [1.29, 1.82) is 0 Å². The molecule has 7 heteroatoms. The fraction of sp³-hybridized carbons (Fsp3) is 0.0667. The molecule has 112 valence electrons. The molecule has 22 heavy (non-hydrogen) atoms. The molecule has 0 bridgehead atoms. The monoisotopic (exact) mass is 298 g/mol. The van der Waals surface area contributed by atoms with Gasteiger partial charge in [-0.1, -0.05) is 30.3 Å². The Morgan fingerprint density at radius 2 is 1.73 bits per heavy atom. The number of hydrazone groups is 1. The normalized spacial score (nSPS) is 10.9.